The Kier molecular flexibility index (Phi) is 5.44. The van der Waals surface area contributed by atoms with E-state index in [1.807, 2.05) is 61.6 Å². The number of nitrogens with one attached hydrogen (secondary N) is 2. The maximum Gasteiger partial charge on any atom is 0.277 e. The van der Waals surface area contributed by atoms with Gasteiger partial charge in [0.2, 0.25) is 0 Å². The Morgan fingerprint density at radius 3 is 2.53 bits per heavy atom. The molecule has 3 aromatic heterocycles. The number of nitrogens with zero attached hydrogens (tertiary/aromatic N) is 4. The van der Waals surface area contributed by atoms with E-state index in [0.29, 0.717) is 23.1 Å². The Balaban J connectivity index is 1.42. The minimum atomic E-state index is -0.329. The minimum Gasteiger partial charge on any atom is -0.363 e. The lowest BCUT2D eigenvalue weighted by molar-refractivity contribution is 0.101. The van der Waals surface area contributed by atoms with Crippen LogP contribution in [0.4, 0.5) is 23.0 Å². The fourth-order valence-corrected chi connectivity index (χ4v) is 3.42. The number of benzene rings is 1. The average molecular weight is 420 g/mol. The van der Waals surface area contributed by atoms with E-state index in [-0.39, 0.29) is 11.6 Å². The number of carbonyl (C=O) groups excluding carboxylic acids is 1. The first kappa shape index (κ1) is 19.6. The predicted octanol–water partition coefficient (Wildman–Crippen LogP) is 4.56. The molecule has 0 bridgehead atoms. The zero-order valence-electron chi connectivity index (χ0n) is 16.7. The summed E-state index contributed by atoms with van der Waals surface area (Å²) in [5.41, 5.74) is 1.73. The second kappa shape index (κ2) is 8.34. The van der Waals surface area contributed by atoms with E-state index in [4.69, 9.17) is 4.52 Å². The summed E-state index contributed by atoms with van der Waals surface area (Å²) in [6.07, 6.45) is 0. The number of anilines is 4. The molecule has 2 N–H and O–H groups in total. The van der Waals surface area contributed by atoms with Gasteiger partial charge in [0.15, 0.2) is 11.5 Å². The van der Waals surface area contributed by atoms with Gasteiger partial charge in [-0.05, 0) is 42.6 Å². The normalized spacial score (nSPS) is 10.6. The van der Waals surface area contributed by atoms with E-state index in [1.165, 1.54) is 11.3 Å². The molecule has 0 fully saturated rings. The number of rotatable bonds is 6. The van der Waals surface area contributed by atoms with Crippen LogP contribution in [0.3, 0.4) is 0 Å². The van der Waals surface area contributed by atoms with Crippen LogP contribution in [0.1, 0.15) is 16.3 Å². The molecule has 0 aliphatic rings. The molecule has 152 valence electrons. The van der Waals surface area contributed by atoms with Crippen LogP contribution in [0.2, 0.25) is 0 Å². The molecule has 0 spiro atoms. The van der Waals surface area contributed by atoms with Crippen molar-refractivity contribution in [3.8, 4) is 10.6 Å². The molecular weight excluding hydrogens is 400 g/mol. The third-order valence-corrected chi connectivity index (χ3v) is 5.09. The highest BCUT2D eigenvalue weighted by atomic mass is 32.1. The minimum absolute atomic E-state index is 0.230. The molecule has 1 amide bonds. The molecule has 4 rings (SSSR count). The van der Waals surface area contributed by atoms with Crippen molar-refractivity contribution in [1.29, 1.82) is 0 Å². The summed E-state index contributed by atoms with van der Waals surface area (Å²) >= 11 is 1.53. The Labute approximate surface area is 177 Å². The quantitative estimate of drug-likeness (QED) is 0.472. The fourth-order valence-electron chi connectivity index (χ4n) is 2.74. The standard InChI is InChI=1S/C21H20N6O2S/c1-13-22-19(12-20(23-13)27(2)3)24-14-6-8-15(9-7-14)25-21(28)16-11-17(29-26-16)18-5-4-10-30-18/h4-12H,1-3H3,(H,25,28)(H,22,23,24). The lowest BCUT2D eigenvalue weighted by Crippen LogP contribution is -2.12. The lowest BCUT2D eigenvalue weighted by Gasteiger charge is -2.14. The lowest BCUT2D eigenvalue weighted by atomic mass is 10.2. The molecule has 3 heterocycles. The summed E-state index contributed by atoms with van der Waals surface area (Å²) in [4.78, 5) is 24.1. The average Bonchev–Trinajstić information content (AvgIpc) is 3.41. The van der Waals surface area contributed by atoms with Crippen molar-refractivity contribution in [2.24, 2.45) is 0 Å². The fraction of sp³-hybridized carbons (Fsp3) is 0.143. The SMILES string of the molecule is Cc1nc(Nc2ccc(NC(=O)c3cc(-c4cccs4)on3)cc2)cc(N(C)C)n1. The largest absolute Gasteiger partial charge is 0.363 e. The van der Waals surface area contributed by atoms with Crippen molar-refractivity contribution in [2.45, 2.75) is 6.92 Å². The number of hydrogen-bond donors (Lipinski definition) is 2. The van der Waals surface area contributed by atoms with E-state index in [2.05, 4.69) is 25.8 Å². The van der Waals surface area contributed by atoms with Crippen LogP contribution in [-0.4, -0.2) is 35.1 Å². The van der Waals surface area contributed by atoms with Crippen molar-refractivity contribution >= 4 is 40.3 Å². The highest BCUT2D eigenvalue weighted by molar-refractivity contribution is 7.13. The molecule has 9 heteroatoms. The Morgan fingerprint density at radius 1 is 1.07 bits per heavy atom. The zero-order chi connectivity index (χ0) is 21.1. The molecule has 8 nitrogen and oxygen atoms in total. The van der Waals surface area contributed by atoms with Crippen LogP contribution in [0.15, 0.2) is 58.4 Å². The summed E-state index contributed by atoms with van der Waals surface area (Å²) in [6, 6.07) is 14.7. The highest BCUT2D eigenvalue weighted by Gasteiger charge is 2.14. The summed E-state index contributed by atoms with van der Waals surface area (Å²) in [5.74, 6) is 2.45. The summed E-state index contributed by atoms with van der Waals surface area (Å²) in [5, 5.41) is 11.9. The van der Waals surface area contributed by atoms with Gasteiger partial charge < -0.3 is 20.1 Å². The molecule has 30 heavy (non-hydrogen) atoms. The molecule has 0 saturated carbocycles. The van der Waals surface area contributed by atoms with Crippen molar-refractivity contribution in [3.63, 3.8) is 0 Å². The molecule has 0 aliphatic carbocycles. The maximum atomic E-state index is 12.4. The molecular formula is C21H20N6O2S. The van der Waals surface area contributed by atoms with E-state index in [1.54, 1.807) is 18.2 Å². The molecule has 0 unspecified atom stereocenters. The second-order valence-electron chi connectivity index (χ2n) is 6.76. The number of amides is 1. The summed E-state index contributed by atoms with van der Waals surface area (Å²) in [7, 11) is 3.86. The van der Waals surface area contributed by atoms with Crippen LogP contribution < -0.4 is 15.5 Å². The van der Waals surface area contributed by atoms with Crippen LogP contribution in [0.5, 0.6) is 0 Å². The molecule has 0 radical (unpaired) electrons. The molecule has 0 atom stereocenters. The first-order valence-corrected chi connectivity index (χ1v) is 10.1. The van der Waals surface area contributed by atoms with E-state index < -0.39 is 0 Å². The smallest absolute Gasteiger partial charge is 0.277 e. The van der Waals surface area contributed by atoms with Crippen LogP contribution in [-0.2, 0) is 0 Å². The third-order valence-electron chi connectivity index (χ3n) is 4.20. The Bertz CT molecular complexity index is 1150. The van der Waals surface area contributed by atoms with Gasteiger partial charge in [-0.3, -0.25) is 4.79 Å². The van der Waals surface area contributed by atoms with Gasteiger partial charge in [0.05, 0.1) is 4.88 Å². The third kappa shape index (κ3) is 4.47. The number of thiophene rings is 1. The van der Waals surface area contributed by atoms with Crippen LogP contribution >= 0.6 is 11.3 Å². The van der Waals surface area contributed by atoms with Gasteiger partial charge in [0.25, 0.3) is 5.91 Å². The van der Waals surface area contributed by atoms with E-state index >= 15 is 0 Å². The van der Waals surface area contributed by atoms with E-state index in [9.17, 15) is 4.79 Å². The summed E-state index contributed by atoms with van der Waals surface area (Å²) in [6.45, 7) is 1.85. The van der Waals surface area contributed by atoms with Gasteiger partial charge in [0, 0.05) is 37.6 Å². The zero-order valence-corrected chi connectivity index (χ0v) is 17.5. The van der Waals surface area contributed by atoms with Crippen molar-refractivity contribution < 1.29 is 9.32 Å². The monoisotopic (exact) mass is 420 g/mol. The van der Waals surface area contributed by atoms with Gasteiger partial charge in [0.1, 0.15) is 17.5 Å². The van der Waals surface area contributed by atoms with Crippen molar-refractivity contribution in [3.05, 3.63) is 65.4 Å². The number of hydrogen-bond acceptors (Lipinski definition) is 8. The number of carbonyl (C=O) groups is 1. The van der Waals surface area contributed by atoms with Crippen molar-refractivity contribution in [2.75, 3.05) is 29.6 Å². The molecule has 1 aromatic carbocycles. The van der Waals surface area contributed by atoms with Gasteiger partial charge in [-0.25, -0.2) is 9.97 Å². The molecule has 0 aliphatic heterocycles. The first-order chi connectivity index (χ1) is 14.5. The van der Waals surface area contributed by atoms with Gasteiger partial charge in [-0.1, -0.05) is 11.2 Å². The van der Waals surface area contributed by atoms with Crippen molar-refractivity contribution in [1.82, 2.24) is 15.1 Å². The van der Waals surface area contributed by atoms with Crippen LogP contribution in [0.25, 0.3) is 10.6 Å². The summed E-state index contributed by atoms with van der Waals surface area (Å²) < 4.78 is 5.26. The Hall–Kier alpha value is -3.72. The molecule has 4 aromatic rings. The van der Waals surface area contributed by atoms with Gasteiger partial charge >= 0.3 is 0 Å². The van der Waals surface area contributed by atoms with Gasteiger partial charge in [-0.2, -0.15) is 0 Å². The molecule has 0 saturated heterocycles. The number of aromatic nitrogens is 3. The number of aryl methyl sites for hydroxylation is 1. The highest BCUT2D eigenvalue weighted by Crippen LogP contribution is 2.26. The van der Waals surface area contributed by atoms with Crippen LogP contribution in [0, 0.1) is 6.92 Å². The maximum absolute atomic E-state index is 12.4. The first-order valence-electron chi connectivity index (χ1n) is 9.20. The predicted molar refractivity (Wildman–Crippen MR) is 119 cm³/mol. The Morgan fingerprint density at radius 2 is 1.83 bits per heavy atom. The van der Waals surface area contributed by atoms with E-state index in [0.717, 1.165) is 16.4 Å². The van der Waals surface area contributed by atoms with Gasteiger partial charge in [-0.15, -0.1) is 11.3 Å². The second-order valence-corrected chi connectivity index (χ2v) is 7.71. The topological polar surface area (TPSA) is 96.2 Å².